The first-order chi connectivity index (χ1) is 15.0. The molecule has 2 unspecified atom stereocenters. The highest BCUT2D eigenvalue weighted by Gasteiger charge is 2.47. The number of ether oxygens (including phenoxy) is 2. The van der Waals surface area contributed by atoms with Gasteiger partial charge in [0.2, 0.25) is 0 Å². The minimum atomic E-state index is -1.16. The van der Waals surface area contributed by atoms with Gasteiger partial charge in [-0.15, -0.1) is 0 Å². The molecule has 0 radical (unpaired) electrons. The van der Waals surface area contributed by atoms with E-state index in [0.29, 0.717) is 48.4 Å². The SMILES string of the molecule is C/N=C(\OC(C=O)C(O)c1ccc(Cl)cc1)N1CCC2(CC1)OC(=O)c1ccccc12. The van der Waals surface area contributed by atoms with Crippen LogP contribution in [-0.4, -0.2) is 54.5 Å². The minimum Gasteiger partial charge on any atom is -0.451 e. The van der Waals surface area contributed by atoms with E-state index in [1.54, 1.807) is 37.4 Å². The van der Waals surface area contributed by atoms with Crippen LogP contribution in [0.3, 0.4) is 0 Å². The highest BCUT2D eigenvalue weighted by atomic mass is 35.5. The molecule has 31 heavy (non-hydrogen) atoms. The third-order valence-electron chi connectivity index (χ3n) is 5.86. The van der Waals surface area contributed by atoms with Gasteiger partial charge in [0.1, 0.15) is 11.7 Å². The van der Waals surface area contributed by atoms with Crippen molar-refractivity contribution in [3.63, 3.8) is 0 Å². The number of halogens is 1. The van der Waals surface area contributed by atoms with Crippen LogP contribution in [0, 0.1) is 0 Å². The van der Waals surface area contributed by atoms with Crippen LogP contribution in [0.15, 0.2) is 53.5 Å². The zero-order valence-corrected chi connectivity index (χ0v) is 17.8. The molecule has 1 saturated heterocycles. The Hall–Kier alpha value is -2.90. The predicted octanol–water partition coefficient (Wildman–Crippen LogP) is 3.11. The number of fused-ring (bicyclic) bond motifs is 2. The van der Waals surface area contributed by atoms with E-state index in [1.807, 2.05) is 23.1 Å². The number of aliphatic hydroxyl groups is 1. The van der Waals surface area contributed by atoms with Crippen molar-refractivity contribution in [2.24, 2.45) is 4.99 Å². The number of hydrogen-bond donors (Lipinski definition) is 1. The number of aliphatic hydroxyl groups excluding tert-OH is 1. The fourth-order valence-electron chi connectivity index (χ4n) is 4.18. The molecule has 2 aromatic carbocycles. The molecule has 4 rings (SSSR count). The van der Waals surface area contributed by atoms with Crippen molar-refractivity contribution in [1.29, 1.82) is 0 Å². The molecule has 2 heterocycles. The van der Waals surface area contributed by atoms with Crippen LogP contribution < -0.4 is 0 Å². The van der Waals surface area contributed by atoms with E-state index in [-0.39, 0.29) is 12.0 Å². The lowest BCUT2D eigenvalue weighted by atomic mass is 9.84. The van der Waals surface area contributed by atoms with E-state index in [9.17, 15) is 14.7 Å². The van der Waals surface area contributed by atoms with E-state index in [0.717, 1.165) is 5.56 Å². The summed E-state index contributed by atoms with van der Waals surface area (Å²) in [5.74, 6) is -0.295. The first kappa shape index (κ1) is 21.3. The first-order valence-corrected chi connectivity index (χ1v) is 10.5. The lowest BCUT2D eigenvalue weighted by Crippen LogP contribution is -2.47. The fourth-order valence-corrected chi connectivity index (χ4v) is 4.31. The maximum Gasteiger partial charge on any atom is 0.339 e. The van der Waals surface area contributed by atoms with E-state index >= 15 is 0 Å². The van der Waals surface area contributed by atoms with Gasteiger partial charge in [-0.05, 0) is 23.8 Å². The van der Waals surface area contributed by atoms with Gasteiger partial charge < -0.3 is 19.5 Å². The Morgan fingerprint density at radius 3 is 2.55 bits per heavy atom. The third-order valence-corrected chi connectivity index (χ3v) is 6.11. The van der Waals surface area contributed by atoms with E-state index in [4.69, 9.17) is 21.1 Å². The van der Waals surface area contributed by atoms with Crippen LogP contribution in [0.25, 0.3) is 0 Å². The van der Waals surface area contributed by atoms with Gasteiger partial charge in [-0.25, -0.2) is 9.79 Å². The van der Waals surface area contributed by atoms with Crippen molar-refractivity contribution in [1.82, 2.24) is 4.90 Å². The summed E-state index contributed by atoms with van der Waals surface area (Å²) in [6, 6.07) is 14.3. The van der Waals surface area contributed by atoms with Gasteiger partial charge in [-0.2, -0.15) is 0 Å². The molecule has 7 nitrogen and oxygen atoms in total. The Bertz CT molecular complexity index is 999. The van der Waals surface area contributed by atoms with Crippen molar-refractivity contribution in [2.45, 2.75) is 30.7 Å². The molecule has 1 fully saturated rings. The summed E-state index contributed by atoms with van der Waals surface area (Å²) in [6.45, 7) is 1.05. The number of piperidine rings is 1. The lowest BCUT2D eigenvalue weighted by molar-refractivity contribution is -0.120. The van der Waals surface area contributed by atoms with Crippen molar-refractivity contribution >= 4 is 29.9 Å². The molecule has 8 heteroatoms. The van der Waals surface area contributed by atoms with E-state index in [2.05, 4.69) is 4.99 Å². The molecule has 0 bridgehead atoms. The largest absolute Gasteiger partial charge is 0.451 e. The Morgan fingerprint density at radius 1 is 1.23 bits per heavy atom. The number of benzene rings is 2. The second-order valence-electron chi connectivity index (χ2n) is 7.64. The fraction of sp³-hybridized carbons (Fsp3) is 0.348. The van der Waals surface area contributed by atoms with Gasteiger partial charge in [0.15, 0.2) is 12.4 Å². The van der Waals surface area contributed by atoms with Gasteiger partial charge in [0.05, 0.1) is 5.56 Å². The summed E-state index contributed by atoms with van der Waals surface area (Å²) >= 11 is 5.89. The zero-order valence-electron chi connectivity index (χ0n) is 17.0. The van der Waals surface area contributed by atoms with Crippen LogP contribution in [0.2, 0.25) is 5.02 Å². The quantitative estimate of drug-likeness (QED) is 0.339. The maximum atomic E-state index is 12.3. The average molecular weight is 443 g/mol. The number of carbonyl (C=O) groups excluding carboxylic acids is 2. The van der Waals surface area contributed by atoms with Gasteiger partial charge in [0.25, 0.3) is 6.02 Å². The Balaban J connectivity index is 1.44. The Morgan fingerprint density at radius 2 is 1.90 bits per heavy atom. The topological polar surface area (TPSA) is 88.4 Å². The van der Waals surface area contributed by atoms with Crippen LogP contribution in [0.1, 0.15) is 40.4 Å². The summed E-state index contributed by atoms with van der Waals surface area (Å²) in [6.07, 6.45) is -0.580. The number of nitrogens with zero attached hydrogens (tertiary/aromatic N) is 2. The summed E-state index contributed by atoms with van der Waals surface area (Å²) in [4.78, 5) is 30.0. The molecular weight excluding hydrogens is 420 g/mol. The molecule has 0 aromatic heterocycles. The number of hydrogen-bond acceptors (Lipinski definition) is 6. The van der Waals surface area contributed by atoms with Crippen molar-refractivity contribution < 1.29 is 24.2 Å². The average Bonchev–Trinajstić information content (AvgIpc) is 3.07. The molecule has 1 N–H and O–H groups in total. The van der Waals surface area contributed by atoms with Gasteiger partial charge in [-0.1, -0.05) is 41.9 Å². The second kappa shape index (κ2) is 8.69. The van der Waals surface area contributed by atoms with Crippen molar-refractivity contribution in [2.75, 3.05) is 20.1 Å². The third kappa shape index (κ3) is 4.03. The van der Waals surface area contributed by atoms with E-state index < -0.39 is 17.8 Å². The molecule has 2 atom stereocenters. The maximum absolute atomic E-state index is 12.3. The van der Waals surface area contributed by atoms with Crippen molar-refractivity contribution in [3.8, 4) is 0 Å². The molecule has 2 aliphatic rings. The number of amidine groups is 1. The van der Waals surface area contributed by atoms with Crippen LogP contribution in [0.5, 0.6) is 0 Å². The molecule has 0 aliphatic carbocycles. The van der Waals surface area contributed by atoms with Crippen LogP contribution in [-0.2, 0) is 19.9 Å². The lowest BCUT2D eigenvalue weighted by Gasteiger charge is -2.39. The number of carbonyl (C=O) groups is 2. The number of aldehydes is 1. The smallest absolute Gasteiger partial charge is 0.339 e. The molecule has 0 amide bonds. The zero-order chi connectivity index (χ0) is 22.0. The normalized spacial score (nSPS) is 19.5. The molecule has 1 spiro atoms. The Labute approximate surface area is 185 Å². The summed E-state index contributed by atoms with van der Waals surface area (Å²) in [7, 11) is 1.57. The van der Waals surface area contributed by atoms with Gasteiger partial charge >= 0.3 is 5.97 Å². The number of esters is 1. The molecular formula is C23H23ClN2O5. The second-order valence-corrected chi connectivity index (χ2v) is 8.07. The summed E-state index contributed by atoms with van der Waals surface area (Å²) in [5.41, 5.74) is 1.41. The predicted molar refractivity (Wildman–Crippen MR) is 115 cm³/mol. The Kier molecular flexibility index (Phi) is 5.98. The molecule has 162 valence electrons. The molecule has 2 aliphatic heterocycles. The summed E-state index contributed by atoms with van der Waals surface area (Å²) in [5, 5.41) is 11.1. The highest BCUT2D eigenvalue weighted by Crippen LogP contribution is 2.44. The van der Waals surface area contributed by atoms with Crippen LogP contribution >= 0.6 is 11.6 Å². The van der Waals surface area contributed by atoms with Crippen molar-refractivity contribution in [3.05, 3.63) is 70.2 Å². The van der Waals surface area contributed by atoms with Gasteiger partial charge in [0, 0.05) is 43.6 Å². The van der Waals surface area contributed by atoms with Gasteiger partial charge in [-0.3, -0.25) is 4.79 Å². The first-order valence-electron chi connectivity index (χ1n) is 10.1. The minimum absolute atomic E-state index is 0.262. The highest BCUT2D eigenvalue weighted by molar-refractivity contribution is 6.30. The summed E-state index contributed by atoms with van der Waals surface area (Å²) < 4.78 is 11.6. The molecule has 2 aromatic rings. The number of rotatable bonds is 4. The van der Waals surface area contributed by atoms with Crippen LogP contribution in [0.4, 0.5) is 0 Å². The van der Waals surface area contributed by atoms with E-state index in [1.165, 1.54) is 0 Å². The molecule has 0 saturated carbocycles. The monoisotopic (exact) mass is 442 g/mol. The standard InChI is InChI=1S/C23H23ClN2O5/c1-25-22(30-19(14-27)20(28)15-6-8-16(24)9-7-15)26-12-10-23(11-13-26)18-5-3-2-4-17(18)21(29)31-23/h2-9,14,19-20,28H,10-13H2,1H3/b25-22-. The number of likely N-dealkylation sites (tertiary alicyclic amines) is 1. The number of aliphatic imine (C=N–C) groups is 1.